The molecule has 126 valence electrons. The Bertz CT molecular complexity index is 866. The molecule has 0 aliphatic carbocycles. The molecule has 1 aromatic carbocycles. The number of nitrogens with zero attached hydrogens (tertiary/aromatic N) is 2. The molecule has 25 heavy (non-hydrogen) atoms. The summed E-state index contributed by atoms with van der Waals surface area (Å²) < 4.78 is 5.17. The molecule has 3 aromatic rings. The first-order valence-electron chi connectivity index (χ1n) is 7.96. The molecule has 1 atom stereocenters. The van der Waals surface area contributed by atoms with Crippen LogP contribution in [-0.2, 0) is 11.2 Å². The summed E-state index contributed by atoms with van der Waals surface area (Å²) in [5.41, 5.74) is 9.37. The van der Waals surface area contributed by atoms with Crippen LogP contribution in [0.25, 0.3) is 11.1 Å². The molecule has 5 nitrogen and oxygen atoms in total. The lowest BCUT2D eigenvalue weighted by Gasteiger charge is -2.14. The van der Waals surface area contributed by atoms with Crippen LogP contribution in [0.5, 0.6) is 5.88 Å². The first-order valence-corrected chi connectivity index (χ1v) is 7.96. The fraction of sp³-hybridized carbons (Fsp3) is 0.150. The van der Waals surface area contributed by atoms with E-state index in [-0.39, 0.29) is 11.8 Å². The lowest BCUT2D eigenvalue weighted by atomic mass is 9.91. The van der Waals surface area contributed by atoms with Gasteiger partial charge in [0.25, 0.3) is 0 Å². The van der Waals surface area contributed by atoms with Gasteiger partial charge in [-0.05, 0) is 35.2 Å². The van der Waals surface area contributed by atoms with Crippen LogP contribution in [0, 0.1) is 0 Å². The van der Waals surface area contributed by atoms with Crippen molar-refractivity contribution in [2.45, 2.75) is 12.3 Å². The number of hydrogen-bond donors (Lipinski definition) is 1. The van der Waals surface area contributed by atoms with Gasteiger partial charge in [0.2, 0.25) is 11.8 Å². The Hall–Kier alpha value is -3.21. The third-order valence-electron chi connectivity index (χ3n) is 4.06. The number of carbonyl (C=O) groups excluding carboxylic acids is 1. The van der Waals surface area contributed by atoms with Crippen molar-refractivity contribution in [3.63, 3.8) is 0 Å². The summed E-state index contributed by atoms with van der Waals surface area (Å²) in [4.78, 5) is 20.3. The highest BCUT2D eigenvalue weighted by atomic mass is 16.5. The minimum absolute atomic E-state index is 0.345. The Morgan fingerprint density at radius 1 is 1.12 bits per heavy atom. The van der Waals surface area contributed by atoms with Crippen LogP contribution in [0.1, 0.15) is 17.0 Å². The fourth-order valence-corrected chi connectivity index (χ4v) is 2.76. The van der Waals surface area contributed by atoms with E-state index in [0.717, 1.165) is 22.3 Å². The molecule has 0 radical (unpaired) electrons. The zero-order chi connectivity index (χ0) is 17.6. The van der Waals surface area contributed by atoms with Crippen molar-refractivity contribution in [2.75, 3.05) is 7.11 Å². The topological polar surface area (TPSA) is 78.1 Å². The zero-order valence-corrected chi connectivity index (χ0v) is 13.9. The van der Waals surface area contributed by atoms with E-state index in [1.807, 2.05) is 48.5 Å². The maximum Gasteiger partial charge on any atom is 0.225 e. The number of benzene rings is 1. The third-order valence-corrected chi connectivity index (χ3v) is 4.06. The molecule has 0 saturated carbocycles. The molecule has 0 aliphatic heterocycles. The summed E-state index contributed by atoms with van der Waals surface area (Å²) in [7, 11) is 1.58. The molecular formula is C20H19N3O2. The molecule has 0 bridgehead atoms. The lowest BCUT2D eigenvalue weighted by Crippen LogP contribution is -2.23. The monoisotopic (exact) mass is 333 g/mol. The highest BCUT2D eigenvalue weighted by Gasteiger charge is 2.18. The van der Waals surface area contributed by atoms with Gasteiger partial charge in [-0.15, -0.1) is 0 Å². The van der Waals surface area contributed by atoms with Gasteiger partial charge >= 0.3 is 0 Å². The Balaban J connectivity index is 1.89. The summed E-state index contributed by atoms with van der Waals surface area (Å²) >= 11 is 0. The first kappa shape index (κ1) is 16.6. The molecule has 0 aliphatic rings. The van der Waals surface area contributed by atoms with Crippen molar-refractivity contribution in [1.29, 1.82) is 0 Å². The summed E-state index contributed by atoms with van der Waals surface area (Å²) in [6.45, 7) is 0. The van der Waals surface area contributed by atoms with Crippen molar-refractivity contribution < 1.29 is 9.53 Å². The second kappa shape index (κ2) is 7.57. The Morgan fingerprint density at radius 2 is 1.92 bits per heavy atom. The average Bonchev–Trinajstić information content (AvgIpc) is 2.67. The van der Waals surface area contributed by atoms with Crippen LogP contribution in [-0.4, -0.2) is 23.0 Å². The van der Waals surface area contributed by atoms with E-state index in [4.69, 9.17) is 10.5 Å². The molecule has 0 spiro atoms. The molecule has 0 saturated heterocycles. The van der Waals surface area contributed by atoms with Crippen molar-refractivity contribution in [3.05, 3.63) is 78.2 Å². The van der Waals surface area contributed by atoms with Crippen LogP contribution in [0.4, 0.5) is 0 Å². The fourth-order valence-electron chi connectivity index (χ4n) is 2.76. The molecule has 5 heteroatoms. The average molecular weight is 333 g/mol. The van der Waals surface area contributed by atoms with E-state index in [1.54, 1.807) is 25.7 Å². The number of hydrogen-bond acceptors (Lipinski definition) is 4. The predicted octanol–water partition coefficient (Wildman–Crippen LogP) is 2.96. The highest BCUT2D eigenvalue weighted by Crippen LogP contribution is 2.25. The van der Waals surface area contributed by atoms with Gasteiger partial charge in [0, 0.05) is 30.2 Å². The van der Waals surface area contributed by atoms with Gasteiger partial charge in [0.15, 0.2) is 0 Å². The van der Waals surface area contributed by atoms with Crippen LogP contribution < -0.4 is 10.5 Å². The normalized spacial score (nSPS) is 11.7. The van der Waals surface area contributed by atoms with Gasteiger partial charge < -0.3 is 10.5 Å². The van der Waals surface area contributed by atoms with Gasteiger partial charge in [-0.2, -0.15) is 0 Å². The highest BCUT2D eigenvalue weighted by molar-refractivity contribution is 5.82. The Morgan fingerprint density at radius 3 is 2.64 bits per heavy atom. The molecule has 0 fully saturated rings. The van der Waals surface area contributed by atoms with Gasteiger partial charge in [-0.1, -0.05) is 30.3 Å². The number of pyridine rings is 2. The number of nitrogens with two attached hydrogens (primary N) is 1. The van der Waals surface area contributed by atoms with E-state index in [9.17, 15) is 4.79 Å². The molecule has 1 amide bonds. The third kappa shape index (κ3) is 4.01. The largest absolute Gasteiger partial charge is 0.481 e. The summed E-state index contributed by atoms with van der Waals surface area (Å²) in [6.07, 6.45) is 5.74. The number of aromatic nitrogens is 2. The summed E-state index contributed by atoms with van der Waals surface area (Å²) in [5, 5.41) is 0. The van der Waals surface area contributed by atoms with Crippen LogP contribution in [0.3, 0.4) is 0 Å². The van der Waals surface area contributed by atoms with E-state index >= 15 is 0 Å². The minimum atomic E-state index is -0.384. The number of ether oxygens (including phenoxy) is 1. The number of rotatable bonds is 6. The molecule has 3 rings (SSSR count). The number of carbonyl (C=O) groups is 1. The van der Waals surface area contributed by atoms with Gasteiger partial charge in [-0.25, -0.2) is 4.98 Å². The maximum absolute atomic E-state index is 11.9. The maximum atomic E-state index is 11.9. The summed E-state index contributed by atoms with van der Waals surface area (Å²) in [5.74, 6) is -0.186. The second-order valence-electron chi connectivity index (χ2n) is 5.74. The van der Waals surface area contributed by atoms with Gasteiger partial charge in [-0.3, -0.25) is 9.78 Å². The second-order valence-corrected chi connectivity index (χ2v) is 5.74. The molecule has 2 aromatic heterocycles. The first-order chi connectivity index (χ1) is 12.2. The van der Waals surface area contributed by atoms with E-state index < -0.39 is 0 Å². The number of methoxy groups -OCH3 is 1. The molecule has 2 N–H and O–H groups in total. The van der Waals surface area contributed by atoms with Crippen LogP contribution in [0.2, 0.25) is 0 Å². The lowest BCUT2D eigenvalue weighted by molar-refractivity contribution is -0.119. The van der Waals surface area contributed by atoms with Crippen LogP contribution >= 0.6 is 0 Å². The SMILES string of the molecule is COc1cc(-c2cncc(CC(C(N)=O)c3ccccc3)c2)ccn1. The molecule has 1 unspecified atom stereocenters. The van der Waals surface area contributed by atoms with Crippen molar-refractivity contribution in [3.8, 4) is 17.0 Å². The number of amides is 1. The van der Waals surface area contributed by atoms with E-state index in [1.165, 1.54) is 0 Å². The van der Waals surface area contributed by atoms with Gasteiger partial charge in [0.05, 0.1) is 13.0 Å². The molecule has 2 heterocycles. The zero-order valence-electron chi connectivity index (χ0n) is 13.9. The smallest absolute Gasteiger partial charge is 0.225 e. The Labute approximate surface area is 146 Å². The quantitative estimate of drug-likeness (QED) is 0.752. The van der Waals surface area contributed by atoms with Crippen molar-refractivity contribution in [2.24, 2.45) is 5.73 Å². The van der Waals surface area contributed by atoms with E-state index in [2.05, 4.69) is 9.97 Å². The van der Waals surface area contributed by atoms with Crippen LogP contribution in [0.15, 0.2) is 67.1 Å². The van der Waals surface area contributed by atoms with E-state index in [0.29, 0.717) is 12.3 Å². The number of primary amides is 1. The minimum Gasteiger partial charge on any atom is -0.481 e. The standard InChI is InChI=1S/C20H19N3O2/c1-25-19-11-16(7-8-23-19)17-9-14(12-22-13-17)10-18(20(21)24)15-5-3-2-4-6-15/h2-9,11-13,18H,10H2,1H3,(H2,21,24). The van der Waals surface area contributed by atoms with Gasteiger partial charge in [0.1, 0.15) is 0 Å². The molecular weight excluding hydrogens is 314 g/mol. The summed E-state index contributed by atoms with van der Waals surface area (Å²) in [6, 6.07) is 15.3. The predicted molar refractivity (Wildman–Crippen MR) is 96.1 cm³/mol. The Kier molecular flexibility index (Phi) is 5.04. The van der Waals surface area contributed by atoms with Crippen molar-refractivity contribution in [1.82, 2.24) is 9.97 Å². The van der Waals surface area contributed by atoms with Crippen molar-refractivity contribution >= 4 is 5.91 Å².